The topological polar surface area (TPSA) is 96.3 Å². The molecule has 200 valence electrons. The fourth-order valence-electron chi connectivity index (χ4n) is 5.05. The lowest BCUT2D eigenvalue weighted by Crippen LogP contribution is -2.47. The van der Waals surface area contributed by atoms with E-state index in [0.29, 0.717) is 32.3 Å². The molecule has 3 atom stereocenters. The maximum atomic E-state index is 13.9. The van der Waals surface area contributed by atoms with Crippen LogP contribution in [0.25, 0.3) is 11.1 Å². The number of nitrogens with zero attached hydrogens (tertiary/aromatic N) is 1. The first kappa shape index (κ1) is 25.9. The zero-order chi connectivity index (χ0) is 27.2. The maximum Gasteiger partial charge on any atom is 0.407 e. The second-order valence-electron chi connectivity index (χ2n) is 9.11. The number of aromatic hydroxyl groups is 2. The van der Waals surface area contributed by atoms with Gasteiger partial charge in [0.1, 0.15) is 35.1 Å². The fraction of sp³-hybridized carbons (Fsp3) is 0.259. The minimum Gasteiger partial charge on any atom is -0.508 e. The van der Waals surface area contributed by atoms with Gasteiger partial charge in [0.15, 0.2) is 0 Å². The summed E-state index contributed by atoms with van der Waals surface area (Å²) in [5, 5.41) is 18.2. The first-order valence-corrected chi connectivity index (χ1v) is 13.2. The highest BCUT2D eigenvalue weighted by molar-refractivity contribution is 7.93. The summed E-state index contributed by atoms with van der Waals surface area (Å²) in [7, 11) is -3.18. The predicted octanol–water partition coefficient (Wildman–Crippen LogP) is 4.96. The number of sulfonamides is 1. The molecule has 0 aliphatic carbocycles. The fourth-order valence-corrected chi connectivity index (χ4v) is 7.04. The molecule has 0 radical (unpaired) electrons. The third kappa shape index (κ3) is 4.79. The van der Waals surface area contributed by atoms with Crippen molar-refractivity contribution < 1.29 is 41.3 Å². The summed E-state index contributed by atoms with van der Waals surface area (Å²) in [6.45, 7) is -1.70. The van der Waals surface area contributed by atoms with Crippen molar-refractivity contribution in [3.8, 4) is 17.2 Å². The number of halogens is 3. The molecular formula is C27H24F3NO6S. The third-order valence-corrected chi connectivity index (χ3v) is 8.88. The van der Waals surface area contributed by atoms with Crippen LogP contribution in [0, 0.1) is 0 Å². The molecule has 2 aliphatic heterocycles. The van der Waals surface area contributed by atoms with Gasteiger partial charge in [-0.15, -0.1) is 0 Å². The highest BCUT2D eigenvalue weighted by atomic mass is 32.2. The Bertz CT molecular complexity index is 1450. The van der Waals surface area contributed by atoms with Crippen LogP contribution in [0.2, 0.25) is 0 Å². The Morgan fingerprint density at radius 1 is 0.895 bits per heavy atom. The number of phenols is 2. The van der Waals surface area contributed by atoms with E-state index in [-0.39, 0.29) is 23.6 Å². The summed E-state index contributed by atoms with van der Waals surface area (Å²) in [5.74, 6) is 0.425. The van der Waals surface area contributed by atoms with Crippen molar-refractivity contribution in [2.75, 3.05) is 18.0 Å². The molecule has 1 fully saturated rings. The molecular weight excluding hydrogens is 523 g/mol. The first-order valence-electron chi connectivity index (χ1n) is 11.7. The van der Waals surface area contributed by atoms with Gasteiger partial charge in [-0.1, -0.05) is 24.3 Å². The van der Waals surface area contributed by atoms with E-state index in [1.165, 1.54) is 55.6 Å². The molecule has 3 aromatic rings. The Hall–Kier alpha value is -3.70. The lowest BCUT2D eigenvalue weighted by molar-refractivity contribution is -0.117. The molecule has 2 N–H and O–H groups in total. The molecule has 0 spiro atoms. The maximum absolute atomic E-state index is 13.9. The van der Waals surface area contributed by atoms with E-state index in [1.807, 2.05) is 0 Å². The predicted molar refractivity (Wildman–Crippen MR) is 135 cm³/mol. The van der Waals surface area contributed by atoms with E-state index in [2.05, 4.69) is 0 Å². The van der Waals surface area contributed by atoms with Gasteiger partial charge in [-0.3, -0.25) is 4.31 Å². The van der Waals surface area contributed by atoms with Crippen molar-refractivity contribution in [1.82, 2.24) is 0 Å². The van der Waals surface area contributed by atoms with Crippen LogP contribution in [0.4, 0.5) is 18.9 Å². The Morgan fingerprint density at radius 2 is 1.42 bits per heavy atom. The van der Waals surface area contributed by atoms with E-state index in [0.717, 1.165) is 0 Å². The number of benzene rings is 3. The molecule has 2 heterocycles. The number of methoxy groups -OCH3 is 1. The summed E-state index contributed by atoms with van der Waals surface area (Å²) in [4.78, 5) is 0. The largest absolute Gasteiger partial charge is 0.508 e. The molecule has 7 nitrogen and oxygen atoms in total. The van der Waals surface area contributed by atoms with Crippen LogP contribution in [0.1, 0.15) is 17.5 Å². The summed E-state index contributed by atoms with van der Waals surface area (Å²) in [6.07, 6.45) is -6.59. The third-order valence-electron chi connectivity index (χ3n) is 6.72. The van der Waals surface area contributed by atoms with Gasteiger partial charge in [0.25, 0.3) is 0 Å². The highest BCUT2D eigenvalue weighted by Gasteiger charge is 2.55. The number of hydrogen-bond acceptors (Lipinski definition) is 6. The van der Waals surface area contributed by atoms with E-state index < -0.39 is 40.2 Å². The van der Waals surface area contributed by atoms with Crippen LogP contribution in [0.15, 0.2) is 72.8 Å². The van der Waals surface area contributed by atoms with E-state index in [4.69, 9.17) is 9.47 Å². The molecule has 0 amide bonds. The molecule has 1 saturated heterocycles. The average molecular weight is 548 g/mol. The van der Waals surface area contributed by atoms with Crippen LogP contribution in [-0.2, 0) is 14.8 Å². The molecule has 3 aromatic carbocycles. The van der Waals surface area contributed by atoms with Crippen LogP contribution in [-0.4, -0.2) is 55.9 Å². The zero-order valence-electron chi connectivity index (χ0n) is 20.1. The zero-order valence-corrected chi connectivity index (χ0v) is 20.9. The second kappa shape index (κ2) is 9.55. The SMILES string of the molecule is COc1ccc(N(CC(F)(F)F)S(=O)(=O)[C@@H]2C[C@@H]3O[C@H]2C(c2ccc(O)cc2)=C3c2ccc(O)cc2)cc1. The molecule has 2 bridgehead atoms. The number of phenolic OH excluding ortho intramolecular Hbond substituents is 2. The van der Waals surface area contributed by atoms with Crippen LogP contribution in [0.5, 0.6) is 17.2 Å². The summed E-state index contributed by atoms with van der Waals surface area (Å²) >= 11 is 0. The number of alkyl halides is 3. The van der Waals surface area contributed by atoms with Crippen molar-refractivity contribution in [1.29, 1.82) is 0 Å². The van der Waals surface area contributed by atoms with Crippen LogP contribution in [0.3, 0.4) is 0 Å². The van der Waals surface area contributed by atoms with Crippen LogP contribution < -0.4 is 9.04 Å². The molecule has 11 heteroatoms. The quantitative estimate of drug-likeness (QED) is 0.434. The molecule has 38 heavy (non-hydrogen) atoms. The molecule has 0 unspecified atom stereocenters. The van der Waals surface area contributed by atoms with Crippen molar-refractivity contribution in [3.05, 3.63) is 83.9 Å². The summed E-state index contributed by atoms with van der Waals surface area (Å²) in [6, 6.07) is 17.8. The van der Waals surface area contributed by atoms with E-state index in [9.17, 15) is 31.8 Å². The van der Waals surface area contributed by atoms with Gasteiger partial charge in [-0.05, 0) is 77.2 Å². The average Bonchev–Trinajstić information content (AvgIpc) is 3.48. The molecule has 0 aromatic heterocycles. The lowest BCUT2D eigenvalue weighted by atomic mass is 9.83. The van der Waals surface area contributed by atoms with Gasteiger partial charge >= 0.3 is 6.18 Å². The minimum absolute atomic E-state index is 0.00429. The minimum atomic E-state index is -4.79. The van der Waals surface area contributed by atoms with Gasteiger partial charge in [0.2, 0.25) is 10.0 Å². The molecule has 2 aliphatic rings. The van der Waals surface area contributed by atoms with Gasteiger partial charge in [0.05, 0.1) is 18.9 Å². The van der Waals surface area contributed by atoms with E-state index >= 15 is 0 Å². The Kier molecular flexibility index (Phi) is 6.52. The van der Waals surface area contributed by atoms with Crippen molar-refractivity contribution in [2.45, 2.75) is 30.1 Å². The highest BCUT2D eigenvalue weighted by Crippen LogP contribution is 2.51. The van der Waals surface area contributed by atoms with Gasteiger partial charge < -0.3 is 19.7 Å². The van der Waals surface area contributed by atoms with Gasteiger partial charge in [-0.25, -0.2) is 8.42 Å². The first-order chi connectivity index (χ1) is 18.0. The van der Waals surface area contributed by atoms with E-state index in [1.54, 1.807) is 24.3 Å². The number of rotatable bonds is 7. The lowest BCUT2D eigenvalue weighted by Gasteiger charge is -2.32. The standard InChI is InChI=1S/C27H24F3NO6S/c1-36-21-12-6-18(7-13-21)31(15-27(28,29)30)38(34,35)23-14-22-24(16-2-8-19(32)9-3-16)25(26(23)37-22)17-4-10-20(33)11-5-17/h2-13,22-23,26,32-33H,14-15H2,1H3/t22-,23+,26+/m0/s1. The van der Waals surface area contributed by atoms with Gasteiger partial charge in [-0.2, -0.15) is 13.2 Å². The summed E-state index contributed by atoms with van der Waals surface area (Å²) < 4.78 is 80.2. The monoisotopic (exact) mass is 547 g/mol. The van der Waals surface area contributed by atoms with Crippen molar-refractivity contribution in [3.63, 3.8) is 0 Å². The smallest absolute Gasteiger partial charge is 0.407 e. The Labute approximate surface area is 217 Å². The number of hydrogen-bond donors (Lipinski definition) is 2. The Morgan fingerprint density at radius 3 is 1.92 bits per heavy atom. The number of fused-ring (bicyclic) bond motifs is 2. The second-order valence-corrected chi connectivity index (χ2v) is 11.2. The van der Waals surface area contributed by atoms with Crippen molar-refractivity contribution in [2.24, 2.45) is 0 Å². The number of anilines is 1. The van der Waals surface area contributed by atoms with Crippen molar-refractivity contribution >= 4 is 26.9 Å². The number of ether oxygens (including phenoxy) is 2. The summed E-state index contributed by atoms with van der Waals surface area (Å²) in [5.41, 5.74) is 2.34. The molecule has 0 saturated carbocycles. The Balaban J connectivity index is 1.60. The normalized spacial score (nSPS) is 21.1. The molecule has 5 rings (SSSR count). The van der Waals surface area contributed by atoms with Gasteiger partial charge in [0, 0.05) is 0 Å². The van der Waals surface area contributed by atoms with Crippen LogP contribution >= 0.6 is 0 Å².